The van der Waals surface area contributed by atoms with Crippen molar-refractivity contribution >= 4 is 17.4 Å². The van der Waals surface area contributed by atoms with E-state index >= 15 is 0 Å². The number of ketones is 1. The predicted octanol–water partition coefficient (Wildman–Crippen LogP) is 4.05. The first-order chi connectivity index (χ1) is 14.2. The molecule has 0 unspecified atom stereocenters. The highest BCUT2D eigenvalue weighted by Gasteiger charge is 2.38. The van der Waals surface area contributed by atoms with Crippen molar-refractivity contribution in [1.82, 2.24) is 0 Å². The molecule has 0 spiro atoms. The van der Waals surface area contributed by atoms with Crippen LogP contribution in [0.1, 0.15) is 35.3 Å². The standard InChI is InChI=1S/C24H27NO5/c1-15-20(28-5)11-16(12-21(15)29-6)23(27)30-14-17(26)13-22-24(2,3)18-9-7-8-10-19(18)25(22)4/h7-13H,14H2,1-6H3. The normalized spacial score (nSPS) is 15.7. The third kappa shape index (κ3) is 3.77. The summed E-state index contributed by atoms with van der Waals surface area (Å²) in [6.07, 6.45) is 1.56. The van der Waals surface area contributed by atoms with Gasteiger partial charge in [0.1, 0.15) is 11.5 Å². The van der Waals surface area contributed by atoms with Crippen LogP contribution in [0, 0.1) is 6.92 Å². The van der Waals surface area contributed by atoms with E-state index in [4.69, 9.17) is 14.2 Å². The van der Waals surface area contributed by atoms with Gasteiger partial charge in [0.15, 0.2) is 12.4 Å². The molecule has 2 aromatic rings. The second-order valence-electron chi connectivity index (χ2n) is 7.78. The highest BCUT2D eigenvalue weighted by molar-refractivity contribution is 5.97. The zero-order valence-electron chi connectivity index (χ0n) is 18.2. The molecule has 1 aliphatic heterocycles. The van der Waals surface area contributed by atoms with E-state index in [0.29, 0.717) is 11.5 Å². The van der Waals surface area contributed by atoms with Crippen molar-refractivity contribution in [2.45, 2.75) is 26.2 Å². The number of methoxy groups -OCH3 is 2. The van der Waals surface area contributed by atoms with Gasteiger partial charge in [0.25, 0.3) is 0 Å². The monoisotopic (exact) mass is 409 g/mol. The van der Waals surface area contributed by atoms with Crippen LogP contribution in [0.2, 0.25) is 0 Å². The van der Waals surface area contributed by atoms with Crippen LogP contribution >= 0.6 is 0 Å². The molecule has 6 nitrogen and oxygen atoms in total. The smallest absolute Gasteiger partial charge is 0.338 e. The molecule has 0 amide bonds. The second-order valence-corrected chi connectivity index (χ2v) is 7.78. The van der Waals surface area contributed by atoms with Gasteiger partial charge in [-0.05, 0) is 30.7 Å². The third-order valence-electron chi connectivity index (χ3n) is 5.57. The maximum absolute atomic E-state index is 12.6. The first-order valence-electron chi connectivity index (χ1n) is 9.68. The van der Waals surface area contributed by atoms with Crippen LogP contribution in [0.25, 0.3) is 0 Å². The first kappa shape index (κ1) is 21.4. The highest BCUT2D eigenvalue weighted by atomic mass is 16.5. The molecule has 0 radical (unpaired) electrons. The van der Waals surface area contributed by atoms with Crippen LogP contribution in [-0.4, -0.2) is 39.6 Å². The van der Waals surface area contributed by atoms with Crippen molar-refractivity contribution in [3.8, 4) is 11.5 Å². The lowest BCUT2D eigenvalue weighted by Crippen LogP contribution is -2.25. The van der Waals surface area contributed by atoms with Crippen LogP contribution in [0.15, 0.2) is 48.2 Å². The summed E-state index contributed by atoms with van der Waals surface area (Å²) in [5.74, 6) is 0.140. The van der Waals surface area contributed by atoms with Gasteiger partial charge in [0, 0.05) is 35.5 Å². The van der Waals surface area contributed by atoms with Gasteiger partial charge in [0.2, 0.25) is 0 Å². The van der Waals surface area contributed by atoms with Crippen molar-refractivity contribution in [3.63, 3.8) is 0 Å². The maximum Gasteiger partial charge on any atom is 0.338 e. The Bertz CT molecular complexity index is 997. The van der Waals surface area contributed by atoms with Gasteiger partial charge in [-0.15, -0.1) is 0 Å². The molecule has 2 aromatic carbocycles. The summed E-state index contributed by atoms with van der Waals surface area (Å²) < 4.78 is 15.8. The number of ether oxygens (including phenoxy) is 3. The minimum atomic E-state index is -0.610. The fourth-order valence-corrected chi connectivity index (χ4v) is 3.88. The number of allylic oxidation sites excluding steroid dienone is 1. The van der Waals surface area contributed by atoms with Crippen LogP contribution in [0.4, 0.5) is 5.69 Å². The Labute approximate surface area is 177 Å². The molecule has 0 aliphatic carbocycles. The zero-order chi connectivity index (χ0) is 22.1. The van der Waals surface area contributed by atoms with Crippen LogP contribution in [-0.2, 0) is 14.9 Å². The average molecular weight is 409 g/mol. The Morgan fingerprint density at radius 1 is 1.07 bits per heavy atom. The molecule has 0 aromatic heterocycles. The van der Waals surface area contributed by atoms with Crippen molar-refractivity contribution < 1.29 is 23.8 Å². The van der Waals surface area contributed by atoms with Gasteiger partial charge in [-0.1, -0.05) is 32.0 Å². The lowest BCUT2D eigenvalue weighted by molar-refractivity contribution is -0.117. The lowest BCUT2D eigenvalue weighted by Gasteiger charge is -2.23. The summed E-state index contributed by atoms with van der Waals surface area (Å²) in [6.45, 7) is 5.64. The number of carbonyl (C=O) groups excluding carboxylic acids is 2. The maximum atomic E-state index is 12.6. The largest absolute Gasteiger partial charge is 0.496 e. The first-order valence-corrected chi connectivity index (χ1v) is 9.68. The molecule has 0 saturated heterocycles. The van der Waals surface area contributed by atoms with Gasteiger partial charge in [0.05, 0.1) is 19.8 Å². The Morgan fingerprint density at radius 2 is 1.67 bits per heavy atom. The van der Waals surface area contributed by atoms with Crippen LogP contribution < -0.4 is 14.4 Å². The Hall–Kier alpha value is -3.28. The summed E-state index contributed by atoms with van der Waals surface area (Å²) in [7, 11) is 4.97. The number of hydrogen-bond acceptors (Lipinski definition) is 6. The molecule has 0 saturated carbocycles. The minimum Gasteiger partial charge on any atom is -0.496 e. The van der Waals surface area contributed by atoms with E-state index in [2.05, 4.69) is 19.9 Å². The van der Waals surface area contributed by atoms with Crippen molar-refractivity contribution in [2.24, 2.45) is 0 Å². The number of fused-ring (bicyclic) bond motifs is 1. The molecule has 1 heterocycles. The number of likely N-dealkylation sites (N-methyl/N-ethyl adjacent to an activating group) is 1. The van der Waals surface area contributed by atoms with Gasteiger partial charge >= 0.3 is 5.97 Å². The Morgan fingerprint density at radius 3 is 2.23 bits per heavy atom. The molecular formula is C24H27NO5. The van der Waals surface area contributed by atoms with E-state index < -0.39 is 5.97 Å². The molecule has 0 atom stereocenters. The van der Waals surface area contributed by atoms with Gasteiger partial charge in [-0.25, -0.2) is 4.79 Å². The van der Waals surface area contributed by atoms with Crippen LogP contribution in [0.5, 0.6) is 11.5 Å². The number of carbonyl (C=O) groups is 2. The van der Waals surface area contributed by atoms with E-state index in [0.717, 1.165) is 22.5 Å². The van der Waals surface area contributed by atoms with Gasteiger partial charge in [-0.2, -0.15) is 0 Å². The second kappa shape index (κ2) is 8.22. The van der Waals surface area contributed by atoms with Crippen LogP contribution in [0.3, 0.4) is 0 Å². The van der Waals surface area contributed by atoms with E-state index in [9.17, 15) is 9.59 Å². The van der Waals surface area contributed by atoms with E-state index in [1.54, 1.807) is 18.2 Å². The number of para-hydroxylation sites is 1. The highest BCUT2D eigenvalue weighted by Crippen LogP contribution is 2.46. The van der Waals surface area contributed by atoms with E-state index in [-0.39, 0.29) is 23.4 Å². The molecule has 0 fully saturated rings. The molecule has 3 rings (SSSR count). The molecule has 0 N–H and O–H groups in total. The molecule has 0 bridgehead atoms. The Balaban J connectivity index is 1.75. The summed E-state index contributed by atoms with van der Waals surface area (Å²) in [6, 6.07) is 11.2. The topological polar surface area (TPSA) is 65.1 Å². The molecule has 158 valence electrons. The summed E-state index contributed by atoms with van der Waals surface area (Å²) in [5.41, 5.74) is 3.81. The number of rotatable bonds is 6. The quantitative estimate of drug-likeness (QED) is 0.530. The van der Waals surface area contributed by atoms with E-state index in [1.807, 2.05) is 37.1 Å². The van der Waals surface area contributed by atoms with Crippen molar-refractivity contribution in [2.75, 3.05) is 32.8 Å². The summed E-state index contributed by atoms with van der Waals surface area (Å²) >= 11 is 0. The number of nitrogens with zero attached hydrogens (tertiary/aromatic N) is 1. The molecular weight excluding hydrogens is 382 g/mol. The number of anilines is 1. The van der Waals surface area contributed by atoms with Gasteiger partial charge in [-0.3, -0.25) is 4.79 Å². The predicted molar refractivity (Wildman–Crippen MR) is 116 cm³/mol. The van der Waals surface area contributed by atoms with Crippen molar-refractivity contribution in [3.05, 3.63) is 64.9 Å². The summed E-state index contributed by atoms with van der Waals surface area (Å²) in [4.78, 5) is 27.1. The zero-order valence-corrected chi connectivity index (χ0v) is 18.2. The van der Waals surface area contributed by atoms with Gasteiger partial charge < -0.3 is 19.1 Å². The number of hydrogen-bond donors (Lipinski definition) is 0. The summed E-state index contributed by atoms with van der Waals surface area (Å²) in [5, 5.41) is 0. The lowest BCUT2D eigenvalue weighted by atomic mass is 9.83. The molecule has 30 heavy (non-hydrogen) atoms. The molecule has 6 heteroatoms. The fraction of sp³-hybridized carbons (Fsp3) is 0.333. The number of esters is 1. The fourth-order valence-electron chi connectivity index (χ4n) is 3.88. The molecule has 1 aliphatic rings. The van der Waals surface area contributed by atoms with Crippen molar-refractivity contribution in [1.29, 1.82) is 0 Å². The third-order valence-corrected chi connectivity index (χ3v) is 5.57. The SMILES string of the molecule is COc1cc(C(=O)OCC(=O)C=C2N(C)c3ccccc3C2(C)C)cc(OC)c1C. The minimum absolute atomic E-state index is 0.264. The van der Waals surface area contributed by atoms with E-state index in [1.165, 1.54) is 14.2 Å². The Kier molecular flexibility index (Phi) is 5.87. The number of benzene rings is 2. The average Bonchev–Trinajstić information content (AvgIpc) is 2.93.